The molecule has 23 heavy (non-hydrogen) atoms. The minimum Gasteiger partial charge on any atom is -0.496 e. The molecule has 1 aliphatic rings. The minimum absolute atomic E-state index is 0.0499. The molecule has 0 fully saturated rings. The number of hydrogen-bond acceptors (Lipinski definition) is 6. The summed E-state index contributed by atoms with van der Waals surface area (Å²) in [5.41, 5.74) is 0.257. The van der Waals surface area contributed by atoms with Crippen LogP contribution in [-0.4, -0.2) is 26.3 Å². The van der Waals surface area contributed by atoms with Crippen LogP contribution in [0.1, 0.15) is 5.56 Å². The van der Waals surface area contributed by atoms with E-state index in [9.17, 15) is 18.5 Å². The fourth-order valence-corrected chi connectivity index (χ4v) is 3.39. The summed E-state index contributed by atoms with van der Waals surface area (Å²) in [5, 5.41) is 13.9. The molecule has 9 heteroatoms. The van der Waals surface area contributed by atoms with Gasteiger partial charge in [-0.1, -0.05) is 12.1 Å². The molecule has 0 aliphatic carbocycles. The fourth-order valence-electron chi connectivity index (χ4n) is 2.22. The number of ether oxygens (including phenoxy) is 1. The van der Waals surface area contributed by atoms with Gasteiger partial charge in [-0.05, 0) is 24.3 Å². The van der Waals surface area contributed by atoms with Crippen molar-refractivity contribution in [2.75, 3.05) is 12.4 Å². The SMILES string of the molecule is COc1ccc(NC2=NS(=O)(=O)c3ccccc32)c([N+](=O)[O-])c1. The summed E-state index contributed by atoms with van der Waals surface area (Å²) in [5.74, 6) is 0.373. The minimum atomic E-state index is -3.79. The summed E-state index contributed by atoms with van der Waals surface area (Å²) in [7, 11) is -2.39. The maximum atomic E-state index is 12.0. The molecule has 0 atom stereocenters. The van der Waals surface area contributed by atoms with Crippen LogP contribution in [0.3, 0.4) is 0 Å². The third kappa shape index (κ3) is 2.61. The van der Waals surface area contributed by atoms with E-state index in [1.165, 1.54) is 31.4 Å². The number of fused-ring (bicyclic) bond motifs is 1. The molecule has 0 saturated heterocycles. The van der Waals surface area contributed by atoms with Gasteiger partial charge in [0.2, 0.25) is 0 Å². The molecule has 0 bridgehead atoms. The Labute approximate surface area is 131 Å². The lowest BCUT2D eigenvalue weighted by Crippen LogP contribution is -2.12. The number of nitrogens with one attached hydrogen (secondary N) is 1. The number of anilines is 1. The number of amidine groups is 1. The Kier molecular flexibility index (Phi) is 3.49. The van der Waals surface area contributed by atoms with Crippen LogP contribution in [0.25, 0.3) is 0 Å². The highest BCUT2D eigenvalue weighted by molar-refractivity contribution is 7.90. The van der Waals surface area contributed by atoms with Gasteiger partial charge in [-0.25, -0.2) is 0 Å². The second kappa shape index (κ2) is 5.36. The zero-order valence-electron chi connectivity index (χ0n) is 11.9. The normalized spacial score (nSPS) is 14.7. The molecular formula is C14H11N3O5S. The van der Waals surface area contributed by atoms with E-state index < -0.39 is 14.9 Å². The number of hydrogen-bond donors (Lipinski definition) is 1. The summed E-state index contributed by atoms with van der Waals surface area (Å²) in [6.07, 6.45) is 0. The Morgan fingerprint density at radius 2 is 1.96 bits per heavy atom. The maximum Gasteiger partial charge on any atom is 0.296 e. The highest BCUT2D eigenvalue weighted by Crippen LogP contribution is 2.32. The van der Waals surface area contributed by atoms with Gasteiger partial charge in [0.1, 0.15) is 16.3 Å². The van der Waals surface area contributed by atoms with Crippen molar-refractivity contribution in [3.63, 3.8) is 0 Å². The third-order valence-electron chi connectivity index (χ3n) is 3.29. The van der Waals surface area contributed by atoms with Crippen molar-refractivity contribution < 1.29 is 18.1 Å². The quantitative estimate of drug-likeness (QED) is 0.680. The molecule has 0 amide bonds. The molecule has 0 saturated carbocycles. The lowest BCUT2D eigenvalue weighted by molar-refractivity contribution is -0.384. The van der Waals surface area contributed by atoms with Crippen LogP contribution < -0.4 is 10.1 Å². The number of methoxy groups -OCH3 is 1. The molecular weight excluding hydrogens is 322 g/mol. The van der Waals surface area contributed by atoms with Gasteiger partial charge in [0, 0.05) is 5.56 Å². The first-order valence-electron chi connectivity index (χ1n) is 6.46. The topological polar surface area (TPSA) is 111 Å². The van der Waals surface area contributed by atoms with Gasteiger partial charge in [-0.15, -0.1) is 4.40 Å². The third-order valence-corrected chi connectivity index (χ3v) is 4.62. The van der Waals surface area contributed by atoms with Crippen LogP contribution in [0, 0.1) is 10.1 Å². The summed E-state index contributed by atoms with van der Waals surface area (Å²) < 4.78 is 32.6. The molecule has 1 aliphatic heterocycles. The largest absolute Gasteiger partial charge is 0.496 e. The second-order valence-corrected chi connectivity index (χ2v) is 6.25. The maximum absolute atomic E-state index is 12.0. The van der Waals surface area contributed by atoms with Gasteiger partial charge in [0.05, 0.1) is 18.1 Å². The molecule has 2 aromatic rings. The number of nitrogens with zero attached hydrogens (tertiary/aromatic N) is 2. The van der Waals surface area contributed by atoms with E-state index in [4.69, 9.17) is 4.74 Å². The lowest BCUT2D eigenvalue weighted by Gasteiger charge is -2.08. The van der Waals surface area contributed by atoms with E-state index >= 15 is 0 Å². The molecule has 118 valence electrons. The van der Waals surface area contributed by atoms with Crippen LogP contribution in [0.2, 0.25) is 0 Å². The molecule has 1 N–H and O–H groups in total. The van der Waals surface area contributed by atoms with Gasteiger partial charge in [0.15, 0.2) is 5.84 Å². The van der Waals surface area contributed by atoms with Gasteiger partial charge < -0.3 is 10.1 Å². The highest BCUT2D eigenvalue weighted by Gasteiger charge is 2.29. The Morgan fingerprint density at radius 1 is 1.22 bits per heavy atom. The fraction of sp³-hybridized carbons (Fsp3) is 0.0714. The van der Waals surface area contributed by atoms with E-state index in [0.717, 1.165) is 0 Å². The summed E-state index contributed by atoms with van der Waals surface area (Å²) in [6, 6.07) is 10.5. The summed E-state index contributed by atoms with van der Waals surface area (Å²) in [6.45, 7) is 0. The van der Waals surface area contributed by atoms with Crippen molar-refractivity contribution in [3.05, 3.63) is 58.1 Å². The molecule has 0 spiro atoms. The first kappa shape index (κ1) is 15.0. The Balaban J connectivity index is 2.06. The van der Waals surface area contributed by atoms with Crippen LogP contribution in [0.4, 0.5) is 11.4 Å². The van der Waals surface area contributed by atoms with Crippen molar-refractivity contribution in [1.29, 1.82) is 0 Å². The smallest absolute Gasteiger partial charge is 0.296 e. The van der Waals surface area contributed by atoms with Gasteiger partial charge in [0.25, 0.3) is 15.7 Å². The average molecular weight is 333 g/mol. The first-order valence-corrected chi connectivity index (χ1v) is 7.90. The Bertz CT molecular complexity index is 937. The zero-order chi connectivity index (χ0) is 16.6. The molecule has 0 radical (unpaired) electrons. The monoisotopic (exact) mass is 333 g/mol. The van der Waals surface area contributed by atoms with Crippen LogP contribution in [0.5, 0.6) is 5.75 Å². The van der Waals surface area contributed by atoms with Crippen LogP contribution >= 0.6 is 0 Å². The molecule has 8 nitrogen and oxygen atoms in total. The van der Waals surface area contributed by atoms with Crippen LogP contribution in [0.15, 0.2) is 51.8 Å². The number of benzene rings is 2. The van der Waals surface area contributed by atoms with Gasteiger partial charge >= 0.3 is 0 Å². The lowest BCUT2D eigenvalue weighted by atomic mass is 10.2. The van der Waals surface area contributed by atoms with E-state index in [-0.39, 0.29) is 22.1 Å². The standard InChI is InChI=1S/C14H11N3O5S/c1-22-9-6-7-11(12(8-9)17(18)19)15-14-10-4-2-3-5-13(10)23(20,21)16-14/h2-8H,1H3,(H,15,16). The van der Waals surface area contributed by atoms with E-state index in [1.54, 1.807) is 18.2 Å². The molecule has 0 aromatic heterocycles. The predicted molar refractivity (Wildman–Crippen MR) is 83.4 cm³/mol. The number of rotatable bonds is 3. The van der Waals surface area contributed by atoms with Gasteiger partial charge in [-0.2, -0.15) is 8.42 Å². The van der Waals surface area contributed by atoms with Crippen molar-refractivity contribution >= 4 is 27.2 Å². The molecule has 3 rings (SSSR count). The Morgan fingerprint density at radius 3 is 2.65 bits per heavy atom. The van der Waals surface area contributed by atoms with E-state index in [1.807, 2.05) is 0 Å². The average Bonchev–Trinajstić information content (AvgIpc) is 2.79. The predicted octanol–water partition coefficient (Wildman–Crippen LogP) is 2.16. The summed E-state index contributed by atoms with van der Waals surface area (Å²) >= 11 is 0. The van der Waals surface area contributed by atoms with E-state index in [2.05, 4.69) is 9.71 Å². The van der Waals surface area contributed by atoms with Crippen molar-refractivity contribution in [2.24, 2.45) is 4.40 Å². The van der Waals surface area contributed by atoms with Crippen molar-refractivity contribution in [1.82, 2.24) is 0 Å². The molecule has 0 unspecified atom stereocenters. The number of sulfonamides is 1. The van der Waals surface area contributed by atoms with Crippen molar-refractivity contribution in [3.8, 4) is 5.75 Å². The Hall–Kier alpha value is -2.94. The molecule has 2 aromatic carbocycles. The molecule has 1 heterocycles. The number of nitro benzene ring substituents is 1. The zero-order valence-corrected chi connectivity index (χ0v) is 12.7. The number of nitro groups is 1. The summed E-state index contributed by atoms with van der Waals surface area (Å²) in [4.78, 5) is 10.7. The van der Waals surface area contributed by atoms with E-state index in [0.29, 0.717) is 11.3 Å². The highest BCUT2D eigenvalue weighted by atomic mass is 32.2. The van der Waals surface area contributed by atoms with Crippen molar-refractivity contribution in [2.45, 2.75) is 4.90 Å². The second-order valence-electron chi connectivity index (χ2n) is 4.68. The van der Waals surface area contributed by atoms with Gasteiger partial charge in [-0.3, -0.25) is 10.1 Å². The van der Waals surface area contributed by atoms with Crippen LogP contribution in [-0.2, 0) is 10.0 Å². The first-order chi connectivity index (χ1) is 10.9.